The molecule has 0 heterocycles. The van der Waals surface area contributed by atoms with Crippen LogP contribution >= 0.6 is 0 Å². The maximum atomic E-state index is 11.3. The fraction of sp³-hybridized carbons (Fsp3) is 0.273. The summed E-state index contributed by atoms with van der Waals surface area (Å²) in [6.45, 7) is 0.156. The first-order valence-electron chi connectivity index (χ1n) is 4.93. The van der Waals surface area contributed by atoms with Gasteiger partial charge in [0.1, 0.15) is 0 Å². The van der Waals surface area contributed by atoms with E-state index in [1.165, 1.54) is 0 Å². The first-order valence-corrected chi connectivity index (χ1v) is 4.93. The summed E-state index contributed by atoms with van der Waals surface area (Å²) in [4.78, 5) is 21.6. The highest BCUT2D eigenvalue weighted by Gasteiger charge is 2.29. The number of nitrogens with one attached hydrogen (secondary N) is 1. The molecule has 17 heavy (non-hydrogen) atoms. The average molecular weight is 239 g/mol. The maximum absolute atomic E-state index is 11.3. The molecule has 6 heteroatoms. The number of benzene rings is 1. The van der Waals surface area contributed by atoms with Crippen LogP contribution in [0.25, 0.3) is 0 Å². The minimum atomic E-state index is -2.12. The van der Waals surface area contributed by atoms with Gasteiger partial charge >= 0.3 is 5.97 Å². The van der Waals surface area contributed by atoms with Gasteiger partial charge in [-0.3, -0.25) is 4.79 Å². The number of carbonyl (C=O) groups excluding carboxylic acids is 1. The fourth-order valence-electron chi connectivity index (χ4n) is 1.17. The summed E-state index contributed by atoms with van der Waals surface area (Å²) >= 11 is 0. The second kappa shape index (κ2) is 5.97. The Morgan fingerprint density at radius 3 is 2.24 bits per heavy atom. The number of rotatable bonds is 5. The Morgan fingerprint density at radius 2 is 1.71 bits per heavy atom. The van der Waals surface area contributed by atoms with Crippen LogP contribution in [-0.4, -0.2) is 39.4 Å². The van der Waals surface area contributed by atoms with Crippen molar-refractivity contribution in [3.05, 3.63) is 35.9 Å². The van der Waals surface area contributed by atoms with E-state index in [2.05, 4.69) is 5.32 Å². The van der Waals surface area contributed by atoms with E-state index < -0.39 is 24.1 Å². The van der Waals surface area contributed by atoms with Gasteiger partial charge in [-0.1, -0.05) is 30.3 Å². The van der Waals surface area contributed by atoms with Gasteiger partial charge in [0.25, 0.3) is 5.91 Å². The van der Waals surface area contributed by atoms with Crippen molar-refractivity contribution in [3.8, 4) is 0 Å². The van der Waals surface area contributed by atoms with Gasteiger partial charge in [0, 0.05) is 6.54 Å². The second-order valence-electron chi connectivity index (χ2n) is 3.43. The molecule has 4 N–H and O–H groups in total. The van der Waals surface area contributed by atoms with E-state index >= 15 is 0 Å². The van der Waals surface area contributed by atoms with Gasteiger partial charge in [-0.15, -0.1) is 0 Å². The Hall–Kier alpha value is -1.92. The summed E-state index contributed by atoms with van der Waals surface area (Å²) in [6.07, 6.45) is -4.10. The van der Waals surface area contributed by atoms with Crippen molar-refractivity contribution in [2.45, 2.75) is 18.8 Å². The zero-order valence-corrected chi connectivity index (χ0v) is 8.91. The third-order valence-corrected chi connectivity index (χ3v) is 2.13. The monoisotopic (exact) mass is 239 g/mol. The molecule has 0 aromatic heterocycles. The van der Waals surface area contributed by atoms with Gasteiger partial charge in [-0.2, -0.15) is 0 Å². The number of aliphatic hydroxyl groups is 2. The Kier molecular flexibility index (Phi) is 4.62. The quantitative estimate of drug-likeness (QED) is 0.533. The largest absolute Gasteiger partial charge is 0.479 e. The molecule has 6 nitrogen and oxygen atoms in total. The van der Waals surface area contributed by atoms with Crippen molar-refractivity contribution in [1.29, 1.82) is 0 Å². The number of amides is 1. The van der Waals surface area contributed by atoms with Gasteiger partial charge in [0.2, 0.25) is 0 Å². The van der Waals surface area contributed by atoms with E-state index in [1.54, 1.807) is 24.3 Å². The van der Waals surface area contributed by atoms with Crippen molar-refractivity contribution in [2.75, 3.05) is 0 Å². The molecule has 0 fully saturated rings. The molecule has 92 valence electrons. The number of aliphatic carboxylic acids is 1. The van der Waals surface area contributed by atoms with E-state index in [4.69, 9.17) is 10.2 Å². The topological polar surface area (TPSA) is 107 Å². The molecule has 1 amide bonds. The third kappa shape index (κ3) is 3.86. The van der Waals surface area contributed by atoms with Crippen LogP contribution in [0.15, 0.2) is 30.3 Å². The predicted octanol–water partition coefficient (Wildman–Crippen LogP) is -0.891. The smallest absolute Gasteiger partial charge is 0.335 e. The van der Waals surface area contributed by atoms with Crippen LogP contribution in [0, 0.1) is 0 Å². The van der Waals surface area contributed by atoms with Gasteiger partial charge in [-0.05, 0) is 5.56 Å². The maximum Gasteiger partial charge on any atom is 0.335 e. The first kappa shape index (κ1) is 13.1. The highest BCUT2D eigenvalue weighted by molar-refractivity contribution is 5.87. The molecule has 0 saturated carbocycles. The van der Waals surface area contributed by atoms with Gasteiger partial charge in [-0.25, -0.2) is 4.79 Å². The van der Waals surface area contributed by atoms with Crippen molar-refractivity contribution in [2.24, 2.45) is 0 Å². The van der Waals surface area contributed by atoms with Crippen LogP contribution in [0.3, 0.4) is 0 Å². The predicted molar refractivity (Wildman–Crippen MR) is 57.9 cm³/mol. The van der Waals surface area contributed by atoms with Gasteiger partial charge in [0.15, 0.2) is 12.2 Å². The molecule has 0 aliphatic rings. The van der Waals surface area contributed by atoms with Crippen LogP contribution in [0.2, 0.25) is 0 Å². The Balaban J connectivity index is 2.47. The molecule has 1 aromatic rings. The summed E-state index contributed by atoms with van der Waals surface area (Å²) in [5.74, 6) is -2.57. The van der Waals surface area contributed by atoms with Crippen molar-refractivity contribution < 1.29 is 24.9 Å². The molecule has 0 bridgehead atoms. The SMILES string of the molecule is O=C(O)[C@@H](O)[C@H](O)C(=O)NCc1ccccc1. The highest BCUT2D eigenvalue weighted by Crippen LogP contribution is 1.99. The number of aliphatic hydroxyl groups excluding tert-OH is 2. The molecular weight excluding hydrogens is 226 g/mol. The van der Waals surface area contributed by atoms with E-state index in [0.29, 0.717) is 0 Å². The van der Waals surface area contributed by atoms with Crippen molar-refractivity contribution in [3.63, 3.8) is 0 Å². The molecule has 0 radical (unpaired) electrons. The standard InChI is InChI=1S/C11H13NO5/c13-8(9(14)11(16)17)10(15)12-6-7-4-2-1-3-5-7/h1-5,8-9,13-14H,6H2,(H,12,15)(H,16,17)/t8-,9-/m0/s1. The van der Waals surface area contributed by atoms with Crippen LogP contribution in [0.4, 0.5) is 0 Å². The highest BCUT2D eigenvalue weighted by atomic mass is 16.4. The minimum absolute atomic E-state index is 0.156. The summed E-state index contributed by atoms with van der Waals surface area (Å²) in [7, 11) is 0. The molecule has 0 unspecified atom stereocenters. The number of hydrogen-bond donors (Lipinski definition) is 4. The Morgan fingerprint density at radius 1 is 1.12 bits per heavy atom. The lowest BCUT2D eigenvalue weighted by Gasteiger charge is -2.13. The number of hydrogen-bond acceptors (Lipinski definition) is 4. The summed E-state index contributed by atoms with van der Waals surface area (Å²) < 4.78 is 0. The molecule has 1 rings (SSSR count). The number of carboxylic acids is 1. The normalized spacial score (nSPS) is 13.8. The molecule has 0 spiro atoms. The summed E-state index contributed by atoms with van der Waals surface area (Å²) in [5, 5.41) is 28.9. The number of carboxylic acid groups (broad SMARTS) is 1. The zero-order chi connectivity index (χ0) is 12.8. The van der Waals surface area contributed by atoms with E-state index in [1.807, 2.05) is 6.07 Å². The zero-order valence-electron chi connectivity index (χ0n) is 8.91. The van der Waals surface area contributed by atoms with Crippen LogP contribution in [0.1, 0.15) is 5.56 Å². The molecule has 1 aromatic carbocycles. The van der Waals surface area contributed by atoms with Gasteiger partial charge < -0.3 is 20.6 Å². The third-order valence-electron chi connectivity index (χ3n) is 2.13. The van der Waals surface area contributed by atoms with Crippen molar-refractivity contribution in [1.82, 2.24) is 5.32 Å². The van der Waals surface area contributed by atoms with Crippen LogP contribution < -0.4 is 5.32 Å². The molecular formula is C11H13NO5. The minimum Gasteiger partial charge on any atom is -0.479 e. The second-order valence-corrected chi connectivity index (χ2v) is 3.43. The van der Waals surface area contributed by atoms with Crippen LogP contribution in [0.5, 0.6) is 0 Å². The van der Waals surface area contributed by atoms with E-state index in [-0.39, 0.29) is 6.54 Å². The fourth-order valence-corrected chi connectivity index (χ4v) is 1.17. The lowest BCUT2D eigenvalue weighted by atomic mass is 10.2. The lowest BCUT2D eigenvalue weighted by Crippen LogP contribution is -2.45. The summed E-state index contributed by atoms with van der Waals surface area (Å²) in [6, 6.07) is 8.91. The molecule has 0 saturated heterocycles. The van der Waals surface area contributed by atoms with Crippen molar-refractivity contribution >= 4 is 11.9 Å². The van der Waals surface area contributed by atoms with E-state index in [0.717, 1.165) is 5.56 Å². The number of carbonyl (C=O) groups is 2. The first-order chi connectivity index (χ1) is 8.02. The Bertz CT molecular complexity index is 392. The molecule has 2 atom stereocenters. The molecule has 0 aliphatic carbocycles. The summed E-state index contributed by atoms with van der Waals surface area (Å²) in [5.41, 5.74) is 0.804. The van der Waals surface area contributed by atoms with E-state index in [9.17, 15) is 14.7 Å². The lowest BCUT2D eigenvalue weighted by molar-refractivity contribution is -0.158. The van der Waals surface area contributed by atoms with Crippen LogP contribution in [-0.2, 0) is 16.1 Å². The Labute approximate surface area is 97.5 Å². The molecule has 0 aliphatic heterocycles. The average Bonchev–Trinajstić information content (AvgIpc) is 2.35. The van der Waals surface area contributed by atoms with Gasteiger partial charge in [0.05, 0.1) is 0 Å².